The molecule has 1 N–H and O–H groups in total. The molecule has 4 atom stereocenters. The molecule has 2 aliphatic rings. The van der Waals surface area contributed by atoms with Crippen LogP contribution in [-0.2, 0) is 4.74 Å². The summed E-state index contributed by atoms with van der Waals surface area (Å²) in [6, 6.07) is 0.716. The van der Waals surface area contributed by atoms with Gasteiger partial charge in [-0.25, -0.2) is 0 Å². The first kappa shape index (κ1) is 12.3. The molecule has 0 aromatic rings. The third kappa shape index (κ3) is 2.76. The molecule has 94 valence electrons. The fraction of sp³-hybridized carbons (Fsp3) is 1.00. The average molecular weight is 226 g/mol. The summed E-state index contributed by atoms with van der Waals surface area (Å²) in [7, 11) is 2.09. The Morgan fingerprint density at radius 3 is 2.69 bits per heavy atom. The van der Waals surface area contributed by atoms with Crippen LogP contribution in [0.15, 0.2) is 0 Å². The Labute approximate surface area is 99.5 Å². The topological polar surface area (TPSA) is 24.5 Å². The molecule has 0 aromatic heterocycles. The van der Waals surface area contributed by atoms with Crippen molar-refractivity contribution in [3.63, 3.8) is 0 Å². The molecule has 0 saturated carbocycles. The maximum Gasteiger partial charge on any atom is 0.0588 e. The normalized spacial score (nSPS) is 41.4. The van der Waals surface area contributed by atoms with Crippen LogP contribution < -0.4 is 5.32 Å². The highest BCUT2D eigenvalue weighted by molar-refractivity contribution is 4.84. The predicted molar refractivity (Wildman–Crippen MR) is 66.6 cm³/mol. The number of hydrogen-bond donors (Lipinski definition) is 1. The minimum Gasteiger partial charge on any atom is -0.378 e. The Bertz CT molecular complexity index is 222. The lowest BCUT2D eigenvalue weighted by molar-refractivity contribution is 0.0780. The van der Waals surface area contributed by atoms with Crippen molar-refractivity contribution in [1.82, 2.24) is 10.2 Å². The van der Waals surface area contributed by atoms with E-state index in [0.29, 0.717) is 12.1 Å². The molecule has 3 nitrogen and oxygen atoms in total. The van der Waals surface area contributed by atoms with Crippen molar-refractivity contribution in [3.05, 3.63) is 0 Å². The van der Waals surface area contributed by atoms with Crippen LogP contribution in [0.4, 0.5) is 0 Å². The fourth-order valence-corrected chi connectivity index (χ4v) is 3.17. The largest absolute Gasteiger partial charge is 0.378 e. The van der Waals surface area contributed by atoms with Gasteiger partial charge in [-0.15, -0.1) is 0 Å². The van der Waals surface area contributed by atoms with Gasteiger partial charge < -0.3 is 15.0 Å². The van der Waals surface area contributed by atoms with Gasteiger partial charge in [0.15, 0.2) is 0 Å². The van der Waals surface area contributed by atoms with Crippen LogP contribution in [0.25, 0.3) is 0 Å². The summed E-state index contributed by atoms with van der Waals surface area (Å²) in [6.07, 6.45) is 3.01. The second-order valence-corrected chi connectivity index (χ2v) is 5.55. The minimum atomic E-state index is 0.470. The second kappa shape index (κ2) is 5.48. The molecule has 3 heteroatoms. The third-order valence-electron chi connectivity index (χ3n) is 4.39. The molecule has 0 amide bonds. The summed E-state index contributed by atoms with van der Waals surface area (Å²) in [5.41, 5.74) is 0. The molecule has 2 rings (SSSR count). The first-order valence-electron chi connectivity index (χ1n) is 6.72. The standard InChI is InChI=1S/C13H26N2O/c1-10-8-15(6-4-13(10)14-3)9-12-5-7-16-11(12)2/h10-14H,4-9H2,1-3H3. The molecule has 2 heterocycles. The Hall–Kier alpha value is -0.120. The number of piperidine rings is 1. The lowest BCUT2D eigenvalue weighted by atomic mass is 9.92. The predicted octanol–water partition coefficient (Wildman–Crippen LogP) is 1.34. The Balaban J connectivity index is 1.79. The number of hydrogen-bond acceptors (Lipinski definition) is 3. The van der Waals surface area contributed by atoms with Crippen LogP contribution in [0.1, 0.15) is 26.7 Å². The van der Waals surface area contributed by atoms with Gasteiger partial charge in [0.2, 0.25) is 0 Å². The van der Waals surface area contributed by atoms with Crippen molar-refractivity contribution >= 4 is 0 Å². The van der Waals surface area contributed by atoms with E-state index in [0.717, 1.165) is 18.4 Å². The molecular formula is C13H26N2O. The molecule has 0 bridgehead atoms. The lowest BCUT2D eigenvalue weighted by Gasteiger charge is -2.38. The molecule has 0 aromatic carbocycles. The van der Waals surface area contributed by atoms with E-state index in [1.807, 2.05) is 0 Å². The molecule has 0 spiro atoms. The number of likely N-dealkylation sites (tertiary alicyclic amines) is 1. The van der Waals surface area contributed by atoms with E-state index in [-0.39, 0.29) is 0 Å². The first-order valence-corrected chi connectivity index (χ1v) is 6.72. The van der Waals surface area contributed by atoms with Crippen molar-refractivity contribution in [1.29, 1.82) is 0 Å². The lowest BCUT2D eigenvalue weighted by Crippen LogP contribution is -2.48. The van der Waals surface area contributed by atoms with E-state index < -0.39 is 0 Å². The molecule has 2 fully saturated rings. The Kier molecular flexibility index (Phi) is 4.22. The van der Waals surface area contributed by atoms with Gasteiger partial charge in [-0.1, -0.05) is 6.92 Å². The summed E-state index contributed by atoms with van der Waals surface area (Å²) in [5, 5.41) is 3.43. The molecule has 2 aliphatic heterocycles. The van der Waals surface area contributed by atoms with Gasteiger partial charge in [-0.2, -0.15) is 0 Å². The van der Waals surface area contributed by atoms with Gasteiger partial charge in [0, 0.05) is 25.7 Å². The van der Waals surface area contributed by atoms with Gasteiger partial charge in [0.05, 0.1) is 6.10 Å². The first-order chi connectivity index (χ1) is 7.70. The number of nitrogens with one attached hydrogen (secondary N) is 1. The van der Waals surface area contributed by atoms with Crippen molar-refractivity contribution in [2.24, 2.45) is 11.8 Å². The van der Waals surface area contributed by atoms with Gasteiger partial charge >= 0.3 is 0 Å². The van der Waals surface area contributed by atoms with Crippen LogP contribution >= 0.6 is 0 Å². The highest BCUT2D eigenvalue weighted by Crippen LogP contribution is 2.24. The number of rotatable bonds is 3. The highest BCUT2D eigenvalue weighted by Gasteiger charge is 2.30. The average Bonchev–Trinajstić information content (AvgIpc) is 2.65. The summed E-state index contributed by atoms with van der Waals surface area (Å²) in [4.78, 5) is 2.63. The molecule has 2 saturated heterocycles. The summed E-state index contributed by atoms with van der Waals surface area (Å²) in [6.45, 7) is 9.29. The van der Waals surface area contributed by atoms with Crippen molar-refractivity contribution in [3.8, 4) is 0 Å². The zero-order valence-electron chi connectivity index (χ0n) is 10.9. The molecule has 4 unspecified atom stereocenters. The van der Waals surface area contributed by atoms with E-state index in [4.69, 9.17) is 4.74 Å². The minimum absolute atomic E-state index is 0.470. The van der Waals surface area contributed by atoms with Gasteiger partial charge in [0.1, 0.15) is 0 Å². The van der Waals surface area contributed by atoms with Crippen molar-refractivity contribution < 1.29 is 4.74 Å². The summed E-state index contributed by atoms with van der Waals surface area (Å²) >= 11 is 0. The summed E-state index contributed by atoms with van der Waals surface area (Å²) in [5.74, 6) is 1.54. The van der Waals surface area contributed by atoms with E-state index in [9.17, 15) is 0 Å². The maximum atomic E-state index is 5.64. The van der Waals surface area contributed by atoms with E-state index in [2.05, 4.69) is 31.1 Å². The number of nitrogens with zero attached hydrogens (tertiary/aromatic N) is 1. The van der Waals surface area contributed by atoms with E-state index >= 15 is 0 Å². The van der Waals surface area contributed by atoms with Crippen LogP contribution in [0, 0.1) is 11.8 Å². The van der Waals surface area contributed by atoms with E-state index in [1.165, 1.54) is 32.5 Å². The quantitative estimate of drug-likeness (QED) is 0.786. The van der Waals surface area contributed by atoms with Crippen molar-refractivity contribution in [2.75, 3.05) is 33.3 Å². The van der Waals surface area contributed by atoms with Crippen LogP contribution in [0.2, 0.25) is 0 Å². The Morgan fingerprint density at radius 1 is 1.31 bits per heavy atom. The summed E-state index contributed by atoms with van der Waals surface area (Å²) < 4.78 is 5.64. The number of ether oxygens (including phenoxy) is 1. The smallest absolute Gasteiger partial charge is 0.0588 e. The third-order valence-corrected chi connectivity index (χ3v) is 4.39. The molecule has 0 aliphatic carbocycles. The van der Waals surface area contributed by atoms with Crippen LogP contribution in [0.3, 0.4) is 0 Å². The molecule has 0 radical (unpaired) electrons. The van der Waals surface area contributed by atoms with Crippen molar-refractivity contribution in [2.45, 2.75) is 38.8 Å². The van der Waals surface area contributed by atoms with Gasteiger partial charge in [0.25, 0.3) is 0 Å². The zero-order valence-corrected chi connectivity index (χ0v) is 10.9. The maximum absolute atomic E-state index is 5.64. The zero-order chi connectivity index (χ0) is 11.5. The SMILES string of the molecule is CNC1CCN(CC2CCOC2C)CC1C. The van der Waals surface area contributed by atoms with Gasteiger partial charge in [-0.05, 0) is 45.2 Å². The highest BCUT2D eigenvalue weighted by atomic mass is 16.5. The second-order valence-electron chi connectivity index (χ2n) is 5.55. The van der Waals surface area contributed by atoms with E-state index in [1.54, 1.807) is 0 Å². The molecular weight excluding hydrogens is 200 g/mol. The fourth-order valence-electron chi connectivity index (χ4n) is 3.17. The van der Waals surface area contributed by atoms with Crippen LogP contribution in [-0.4, -0.2) is 50.3 Å². The molecule has 16 heavy (non-hydrogen) atoms. The monoisotopic (exact) mass is 226 g/mol. The van der Waals surface area contributed by atoms with Crippen LogP contribution in [0.5, 0.6) is 0 Å². The Morgan fingerprint density at radius 2 is 2.12 bits per heavy atom. The van der Waals surface area contributed by atoms with Gasteiger partial charge in [-0.3, -0.25) is 0 Å².